The molecular formula is C14H22N2O3. The van der Waals surface area contributed by atoms with Crippen molar-refractivity contribution >= 4 is 5.91 Å². The van der Waals surface area contributed by atoms with E-state index in [1.807, 2.05) is 31.9 Å². The first-order chi connectivity index (χ1) is 8.90. The van der Waals surface area contributed by atoms with E-state index in [4.69, 9.17) is 15.2 Å². The molecule has 1 amide bonds. The second-order valence-corrected chi connectivity index (χ2v) is 4.66. The Morgan fingerprint density at radius 1 is 1.26 bits per heavy atom. The Labute approximate surface area is 114 Å². The largest absolute Gasteiger partial charge is 0.496 e. The van der Waals surface area contributed by atoms with Crippen LogP contribution in [-0.4, -0.2) is 38.6 Å². The molecule has 0 aliphatic carbocycles. The van der Waals surface area contributed by atoms with E-state index in [2.05, 4.69) is 0 Å². The second kappa shape index (κ2) is 6.43. The number of carbonyl (C=O) groups is 1. The highest BCUT2D eigenvalue weighted by molar-refractivity contribution is 5.75. The first kappa shape index (κ1) is 15.3. The zero-order chi connectivity index (χ0) is 14.6. The molecule has 0 spiro atoms. The molecular weight excluding hydrogens is 244 g/mol. The van der Waals surface area contributed by atoms with Gasteiger partial charge in [-0.2, -0.15) is 0 Å². The molecule has 0 bridgehead atoms. The average molecular weight is 266 g/mol. The van der Waals surface area contributed by atoms with Gasteiger partial charge in [0.15, 0.2) is 0 Å². The monoisotopic (exact) mass is 266 g/mol. The first-order valence-electron chi connectivity index (χ1n) is 6.08. The summed E-state index contributed by atoms with van der Waals surface area (Å²) in [7, 11) is 5.13. The maximum atomic E-state index is 10.9. The predicted molar refractivity (Wildman–Crippen MR) is 74.5 cm³/mol. The van der Waals surface area contributed by atoms with Crippen molar-refractivity contribution < 1.29 is 14.3 Å². The van der Waals surface area contributed by atoms with Crippen molar-refractivity contribution in [3.05, 3.63) is 22.8 Å². The van der Waals surface area contributed by atoms with Crippen LogP contribution in [-0.2, 0) is 11.3 Å². The Morgan fingerprint density at radius 2 is 1.89 bits per heavy atom. The van der Waals surface area contributed by atoms with Crippen molar-refractivity contribution in [1.29, 1.82) is 0 Å². The Bertz CT molecular complexity index is 472. The molecule has 0 aliphatic rings. The average Bonchev–Trinajstić information content (AvgIpc) is 2.33. The van der Waals surface area contributed by atoms with Crippen LogP contribution in [0.15, 0.2) is 6.07 Å². The lowest BCUT2D eigenvalue weighted by atomic mass is 10.0. The van der Waals surface area contributed by atoms with Crippen LogP contribution in [0.3, 0.4) is 0 Å². The standard InChI is InChI=1S/C14H22N2O3/c1-9-10(2)14(19-5)11(6-12(9)18-4)7-16(3)8-13(15)17/h6H,7-8H2,1-5H3,(H2,15,17). The third-order valence-corrected chi connectivity index (χ3v) is 3.16. The molecule has 0 heterocycles. The molecule has 1 rings (SSSR count). The van der Waals surface area contributed by atoms with Crippen molar-refractivity contribution in [2.45, 2.75) is 20.4 Å². The van der Waals surface area contributed by atoms with Crippen LogP contribution in [0.25, 0.3) is 0 Å². The van der Waals surface area contributed by atoms with E-state index in [0.29, 0.717) is 6.54 Å². The van der Waals surface area contributed by atoms with Gasteiger partial charge >= 0.3 is 0 Å². The molecule has 19 heavy (non-hydrogen) atoms. The molecule has 5 nitrogen and oxygen atoms in total. The quantitative estimate of drug-likeness (QED) is 0.841. The molecule has 2 N–H and O–H groups in total. The van der Waals surface area contributed by atoms with Gasteiger partial charge in [0.2, 0.25) is 5.91 Å². The Balaban J connectivity index is 3.11. The lowest BCUT2D eigenvalue weighted by molar-refractivity contribution is -0.118. The minimum atomic E-state index is -0.350. The van der Waals surface area contributed by atoms with Crippen LogP contribution in [0.2, 0.25) is 0 Å². The number of rotatable bonds is 6. The number of likely N-dealkylation sites (N-methyl/N-ethyl adjacent to an activating group) is 1. The maximum Gasteiger partial charge on any atom is 0.231 e. The second-order valence-electron chi connectivity index (χ2n) is 4.66. The molecule has 106 valence electrons. The van der Waals surface area contributed by atoms with Gasteiger partial charge in [0.1, 0.15) is 11.5 Å². The summed E-state index contributed by atoms with van der Waals surface area (Å²) in [5.74, 6) is 1.30. The molecule has 0 saturated heterocycles. The zero-order valence-corrected chi connectivity index (χ0v) is 12.2. The summed E-state index contributed by atoms with van der Waals surface area (Å²) in [5.41, 5.74) is 8.27. The number of ether oxygens (including phenoxy) is 2. The Hall–Kier alpha value is -1.75. The van der Waals surface area contributed by atoms with Crippen LogP contribution >= 0.6 is 0 Å². The maximum absolute atomic E-state index is 10.9. The summed E-state index contributed by atoms with van der Waals surface area (Å²) < 4.78 is 10.8. The lowest BCUT2D eigenvalue weighted by Gasteiger charge is -2.20. The van der Waals surface area contributed by atoms with E-state index in [9.17, 15) is 4.79 Å². The fourth-order valence-corrected chi connectivity index (χ4v) is 2.15. The minimum absolute atomic E-state index is 0.207. The van der Waals surface area contributed by atoms with Crippen molar-refractivity contribution in [1.82, 2.24) is 4.90 Å². The fourth-order valence-electron chi connectivity index (χ4n) is 2.15. The van der Waals surface area contributed by atoms with E-state index >= 15 is 0 Å². The first-order valence-corrected chi connectivity index (χ1v) is 6.08. The third-order valence-electron chi connectivity index (χ3n) is 3.16. The molecule has 0 atom stereocenters. The summed E-state index contributed by atoms with van der Waals surface area (Å²) in [5, 5.41) is 0. The van der Waals surface area contributed by atoms with E-state index in [0.717, 1.165) is 28.2 Å². The van der Waals surface area contributed by atoms with Gasteiger partial charge in [0.05, 0.1) is 20.8 Å². The van der Waals surface area contributed by atoms with Crippen molar-refractivity contribution in [2.24, 2.45) is 5.73 Å². The fraction of sp³-hybridized carbons (Fsp3) is 0.500. The Kier molecular flexibility index (Phi) is 5.18. The van der Waals surface area contributed by atoms with Gasteiger partial charge in [-0.05, 0) is 38.1 Å². The van der Waals surface area contributed by atoms with E-state index in [1.165, 1.54) is 0 Å². The minimum Gasteiger partial charge on any atom is -0.496 e. The van der Waals surface area contributed by atoms with Gasteiger partial charge in [-0.3, -0.25) is 9.69 Å². The van der Waals surface area contributed by atoms with Gasteiger partial charge in [-0.25, -0.2) is 0 Å². The smallest absolute Gasteiger partial charge is 0.231 e. The normalized spacial score (nSPS) is 10.6. The van der Waals surface area contributed by atoms with Gasteiger partial charge in [0.25, 0.3) is 0 Å². The number of benzene rings is 1. The summed E-state index contributed by atoms with van der Waals surface area (Å²) >= 11 is 0. The van der Waals surface area contributed by atoms with Crippen LogP contribution in [0.1, 0.15) is 16.7 Å². The van der Waals surface area contributed by atoms with Gasteiger partial charge < -0.3 is 15.2 Å². The molecule has 1 aromatic carbocycles. The number of methoxy groups -OCH3 is 2. The number of nitrogens with zero attached hydrogens (tertiary/aromatic N) is 1. The molecule has 0 saturated carbocycles. The summed E-state index contributed by atoms with van der Waals surface area (Å²) in [4.78, 5) is 12.8. The van der Waals surface area contributed by atoms with Crippen LogP contribution in [0.4, 0.5) is 0 Å². The van der Waals surface area contributed by atoms with Crippen LogP contribution in [0, 0.1) is 13.8 Å². The highest BCUT2D eigenvalue weighted by Crippen LogP contribution is 2.33. The summed E-state index contributed by atoms with van der Waals surface area (Å²) in [6, 6.07) is 1.94. The summed E-state index contributed by atoms with van der Waals surface area (Å²) in [6.07, 6.45) is 0. The number of amides is 1. The molecule has 0 aliphatic heterocycles. The lowest BCUT2D eigenvalue weighted by Crippen LogP contribution is -2.30. The van der Waals surface area contributed by atoms with Crippen molar-refractivity contribution in [3.8, 4) is 11.5 Å². The van der Waals surface area contributed by atoms with Crippen molar-refractivity contribution in [3.63, 3.8) is 0 Å². The molecule has 1 aromatic rings. The van der Waals surface area contributed by atoms with Gasteiger partial charge in [-0.15, -0.1) is 0 Å². The highest BCUT2D eigenvalue weighted by atomic mass is 16.5. The SMILES string of the molecule is COc1cc(CN(C)CC(N)=O)c(OC)c(C)c1C. The molecule has 0 radical (unpaired) electrons. The molecule has 5 heteroatoms. The number of carbonyl (C=O) groups excluding carboxylic acids is 1. The zero-order valence-electron chi connectivity index (χ0n) is 12.2. The molecule has 0 fully saturated rings. The van der Waals surface area contributed by atoms with Gasteiger partial charge in [-0.1, -0.05) is 0 Å². The van der Waals surface area contributed by atoms with E-state index in [1.54, 1.807) is 14.2 Å². The van der Waals surface area contributed by atoms with Crippen LogP contribution in [0.5, 0.6) is 11.5 Å². The number of nitrogens with two attached hydrogens (primary N) is 1. The number of primary amides is 1. The van der Waals surface area contributed by atoms with Gasteiger partial charge in [0, 0.05) is 12.1 Å². The van der Waals surface area contributed by atoms with Crippen LogP contribution < -0.4 is 15.2 Å². The third kappa shape index (κ3) is 3.61. The Morgan fingerprint density at radius 3 is 2.37 bits per heavy atom. The molecule has 0 aromatic heterocycles. The number of hydrogen-bond acceptors (Lipinski definition) is 4. The summed E-state index contributed by atoms with van der Waals surface area (Å²) in [6.45, 7) is 4.77. The van der Waals surface area contributed by atoms with Crippen molar-refractivity contribution in [2.75, 3.05) is 27.8 Å². The van der Waals surface area contributed by atoms with E-state index < -0.39 is 0 Å². The topological polar surface area (TPSA) is 64.8 Å². The van der Waals surface area contributed by atoms with E-state index in [-0.39, 0.29) is 12.5 Å². The number of hydrogen-bond donors (Lipinski definition) is 1. The highest BCUT2D eigenvalue weighted by Gasteiger charge is 2.15. The predicted octanol–water partition coefficient (Wildman–Crippen LogP) is 1.24. The molecule has 0 unspecified atom stereocenters.